The van der Waals surface area contributed by atoms with Gasteiger partial charge >= 0.3 is 0 Å². The number of aryl methyl sites for hydroxylation is 1. The van der Waals surface area contributed by atoms with E-state index in [0.717, 1.165) is 19.6 Å². The van der Waals surface area contributed by atoms with E-state index in [1.807, 2.05) is 0 Å². The van der Waals surface area contributed by atoms with E-state index >= 15 is 0 Å². The second-order valence-corrected chi connectivity index (χ2v) is 6.74. The molecule has 0 heterocycles. The van der Waals surface area contributed by atoms with Crippen LogP contribution in [-0.4, -0.2) is 44.7 Å². The van der Waals surface area contributed by atoms with Crippen molar-refractivity contribution < 1.29 is 0 Å². The molecule has 1 saturated carbocycles. The lowest BCUT2D eigenvalue weighted by atomic mass is 9.75. The first kappa shape index (κ1) is 16.3. The van der Waals surface area contributed by atoms with Crippen molar-refractivity contribution in [3.05, 3.63) is 29.3 Å². The minimum absolute atomic E-state index is 0.370. The number of benzene rings is 1. The fourth-order valence-corrected chi connectivity index (χ4v) is 3.35. The fourth-order valence-electron chi connectivity index (χ4n) is 3.35. The van der Waals surface area contributed by atoms with Crippen LogP contribution in [0.3, 0.4) is 0 Å². The highest BCUT2D eigenvalue weighted by molar-refractivity contribution is 5.55. The van der Waals surface area contributed by atoms with Crippen LogP contribution in [0.1, 0.15) is 37.3 Å². The molecule has 1 aliphatic rings. The summed E-state index contributed by atoms with van der Waals surface area (Å²) in [5.41, 5.74) is 4.49. The van der Waals surface area contributed by atoms with E-state index in [1.54, 1.807) is 0 Å². The summed E-state index contributed by atoms with van der Waals surface area (Å²) in [6.07, 6.45) is 4.00. The van der Waals surface area contributed by atoms with Gasteiger partial charge in [0.25, 0.3) is 0 Å². The molecule has 0 radical (unpaired) electrons. The molecule has 1 N–H and O–H groups in total. The Kier molecular flexibility index (Phi) is 5.28. The predicted octanol–water partition coefficient (Wildman–Crippen LogP) is 3.03. The normalized spacial score (nSPS) is 16.9. The lowest BCUT2D eigenvalue weighted by Crippen LogP contribution is -2.56. The summed E-state index contributed by atoms with van der Waals surface area (Å²) in [4.78, 5) is 4.87. The Morgan fingerprint density at radius 3 is 2.43 bits per heavy atom. The van der Waals surface area contributed by atoms with Crippen molar-refractivity contribution in [3.63, 3.8) is 0 Å². The molecule has 3 nitrogen and oxygen atoms in total. The summed E-state index contributed by atoms with van der Waals surface area (Å²) in [6, 6.07) is 6.83. The van der Waals surface area contributed by atoms with E-state index in [4.69, 9.17) is 0 Å². The summed E-state index contributed by atoms with van der Waals surface area (Å²) in [6.45, 7) is 7.41. The van der Waals surface area contributed by atoms with Gasteiger partial charge in [0.05, 0.1) is 0 Å². The van der Waals surface area contributed by atoms with E-state index < -0.39 is 0 Å². The molecule has 0 spiro atoms. The maximum absolute atomic E-state index is 3.46. The van der Waals surface area contributed by atoms with E-state index in [-0.39, 0.29) is 0 Å². The molecule has 0 unspecified atom stereocenters. The van der Waals surface area contributed by atoms with Crippen LogP contribution in [0.4, 0.5) is 5.69 Å². The largest absolute Gasteiger partial charge is 0.372 e. The summed E-state index contributed by atoms with van der Waals surface area (Å²) in [5, 5.41) is 3.46. The molecule has 0 bridgehead atoms. The molecule has 0 atom stereocenters. The van der Waals surface area contributed by atoms with Crippen LogP contribution in [-0.2, 0) is 6.54 Å². The van der Waals surface area contributed by atoms with E-state index in [9.17, 15) is 0 Å². The Balaban J connectivity index is 2.16. The van der Waals surface area contributed by atoms with Crippen molar-refractivity contribution in [2.45, 2.75) is 45.2 Å². The molecule has 118 valence electrons. The molecule has 0 amide bonds. The number of rotatable bonds is 7. The van der Waals surface area contributed by atoms with Gasteiger partial charge in [-0.05, 0) is 58.5 Å². The Morgan fingerprint density at radius 1 is 1.19 bits per heavy atom. The van der Waals surface area contributed by atoms with E-state index in [0.29, 0.717) is 5.54 Å². The molecule has 0 saturated heterocycles. The predicted molar refractivity (Wildman–Crippen MR) is 92.1 cm³/mol. The zero-order chi connectivity index (χ0) is 15.5. The van der Waals surface area contributed by atoms with Gasteiger partial charge in [0.15, 0.2) is 0 Å². The Bertz CT molecular complexity index is 464. The Morgan fingerprint density at radius 2 is 1.90 bits per heavy atom. The molecular weight excluding hydrogens is 258 g/mol. The van der Waals surface area contributed by atoms with E-state index in [1.165, 1.54) is 36.1 Å². The van der Waals surface area contributed by atoms with Gasteiger partial charge in [-0.1, -0.05) is 24.6 Å². The number of nitrogens with one attached hydrogen (secondary N) is 1. The first-order chi connectivity index (χ1) is 9.98. The molecule has 3 heteroatoms. The van der Waals surface area contributed by atoms with Crippen molar-refractivity contribution >= 4 is 5.69 Å². The third-order valence-electron chi connectivity index (χ3n) is 4.98. The molecule has 0 aliphatic heterocycles. The van der Waals surface area contributed by atoms with E-state index in [2.05, 4.69) is 68.3 Å². The molecule has 21 heavy (non-hydrogen) atoms. The molecule has 1 fully saturated rings. The molecule has 1 aromatic rings. The summed E-state index contributed by atoms with van der Waals surface area (Å²) < 4.78 is 0. The minimum atomic E-state index is 0.370. The standard InChI is InChI=1S/C18H31N3/c1-6-19-13-16-12-15(2)8-9-17(16)21(5)14-18(20(3)4)10-7-11-18/h8-9,12,19H,6-7,10-11,13-14H2,1-5H3. The van der Waals surface area contributed by atoms with Crippen molar-refractivity contribution in [1.82, 2.24) is 10.2 Å². The summed E-state index contributed by atoms with van der Waals surface area (Å²) in [5.74, 6) is 0. The van der Waals surface area contributed by atoms with Crippen LogP contribution in [0.5, 0.6) is 0 Å². The average molecular weight is 289 g/mol. The third kappa shape index (κ3) is 3.58. The van der Waals surface area contributed by atoms with Crippen LogP contribution >= 0.6 is 0 Å². The zero-order valence-electron chi connectivity index (χ0n) is 14.4. The van der Waals surface area contributed by atoms with Crippen molar-refractivity contribution in [2.75, 3.05) is 39.1 Å². The third-order valence-corrected chi connectivity index (χ3v) is 4.98. The van der Waals surface area contributed by atoms with Gasteiger partial charge in [-0.15, -0.1) is 0 Å². The number of anilines is 1. The van der Waals surface area contributed by atoms with Crippen molar-refractivity contribution in [3.8, 4) is 0 Å². The smallest absolute Gasteiger partial charge is 0.0410 e. The van der Waals surface area contributed by atoms with Gasteiger partial charge in [0.1, 0.15) is 0 Å². The van der Waals surface area contributed by atoms with Crippen LogP contribution in [0.2, 0.25) is 0 Å². The first-order valence-electron chi connectivity index (χ1n) is 8.17. The SMILES string of the molecule is CCNCc1cc(C)ccc1N(C)CC1(N(C)C)CCC1. The maximum Gasteiger partial charge on any atom is 0.0410 e. The van der Waals surface area contributed by atoms with Gasteiger partial charge in [0.2, 0.25) is 0 Å². The first-order valence-corrected chi connectivity index (χ1v) is 8.17. The highest BCUT2D eigenvalue weighted by Gasteiger charge is 2.40. The molecule has 1 aliphatic carbocycles. The van der Waals surface area contributed by atoms with Gasteiger partial charge in [-0.3, -0.25) is 0 Å². The lowest BCUT2D eigenvalue weighted by molar-refractivity contribution is 0.0683. The van der Waals surface area contributed by atoms with Crippen LogP contribution in [0.15, 0.2) is 18.2 Å². The van der Waals surface area contributed by atoms with Crippen molar-refractivity contribution in [2.24, 2.45) is 0 Å². The quantitative estimate of drug-likeness (QED) is 0.832. The second kappa shape index (κ2) is 6.80. The highest BCUT2D eigenvalue weighted by Crippen LogP contribution is 2.37. The minimum Gasteiger partial charge on any atom is -0.372 e. The Hall–Kier alpha value is -1.06. The molecule has 1 aromatic carbocycles. The number of likely N-dealkylation sites (N-methyl/N-ethyl adjacent to an activating group) is 2. The molecular formula is C18H31N3. The highest BCUT2D eigenvalue weighted by atomic mass is 15.2. The topological polar surface area (TPSA) is 18.5 Å². The summed E-state index contributed by atoms with van der Waals surface area (Å²) >= 11 is 0. The van der Waals surface area contributed by atoms with Crippen LogP contribution in [0, 0.1) is 6.92 Å². The van der Waals surface area contributed by atoms with Crippen molar-refractivity contribution in [1.29, 1.82) is 0 Å². The Labute approximate surface area is 130 Å². The van der Waals surface area contributed by atoms with Gasteiger partial charge in [-0.2, -0.15) is 0 Å². The summed E-state index contributed by atoms with van der Waals surface area (Å²) in [7, 11) is 6.69. The van der Waals surface area contributed by atoms with Gasteiger partial charge in [-0.25, -0.2) is 0 Å². The number of hydrogen-bond donors (Lipinski definition) is 1. The fraction of sp³-hybridized carbons (Fsp3) is 0.667. The average Bonchev–Trinajstić information content (AvgIpc) is 2.39. The van der Waals surface area contributed by atoms with Crippen LogP contribution in [0.25, 0.3) is 0 Å². The van der Waals surface area contributed by atoms with Gasteiger partial charge in [0, 0.05) is 31.4 Å². The number of nitrogens with zero attached hydrogens (tertiary/aromatic N) is 2. The number of hydrogen-bond acceptors (Lipinski definition) is 3. The monoisotopic (exact) mass is 289 g/mol. The zero-order valence-corrected chi connectivity index (χ0v) is 14.4. The molecule has 0 aromatic heterocycles. The van der Waals surface area contributed by atoms with Gasteiger partial charge < -0.3 is 15.1 Å². The maximum atomic E-state index is 3.46. The van der Waals surface area contributed by atoms with Crippen LogP contribution < -0.4 is 10.2 Å². The lowest BCUT2D eigenvalue weighted by Gasteiger charge is -2.49. The second-order valence-electron chi connectivity index (χ2n) is 6.74. The molecule has 2 rings (SSSR count).